The number of hydrogen-bond donors (Lipinski definition) is 3. The fraction of sp³-hybridized carbons (Fsp3) is 0.333. The van der Waals surface area contributed by atoms with Crippen molar-refractivity contribution in [1.29, 1.82) is 0 Å². The first-order chi connectivity index (χ1) is 7.90. The Balaban J connectivity index is 3.07. The Morgan fingerprint density at radius 3 is 1.71 bits per heavy atom. The second kappa shape index (κ2) is 6.53. The van der Waals surface area contributed by atoms with Gasteiger partial charge in [0.1, 0.15) is 0 Å². The maximum Gasteiger partial charge on any atom is 0.0942 e. The lowest BCUT2D eigenvalue weighted by atomic mass is 10.3. The van der Waals surface area contributed by atoms with Crippen LogP contribution in [-0.4, -0.2) is 29.5 Å². The van der Waals surface area contributed by atoms with Gasteiger partial charge in [0.2, 0.25) is 0 Å². The zero-order valence-corrected chi connectivity index (χ0v) is 12.1. The summed E-state index contributed by atoms with van der Waals surface area (Å²) in [5.74, 6) is 0. The summed E-state index contributed by atoms with van der Waals surface area (Å²) in [5.41, 5.74) is 0.264. The van der Waals surface area contributed by atoms with Gasteiger partial charge >= 0.3 is 0 Å². The lowest BCUT2D eigenvalue weighted by molar-refractivity contribution is 0.105. The van der Waals surface area contributed by atoms with Gasteiger partial charge in [-0.15, -0.1) is 0 Å². The molecule has 3 nitrogen and oxygen atoms in total. The van der Waals surface area contributed by atoms with E-state index in [1.807, 2.05) is 0 Å². The molecule has 0 aliphatic rings. The number of rotatable bonds is 4. The van der Waals surface area contributed by atoms with E-state index < -0.39 is 12.7 Å². The van der Waals surface area contributed by atoms with Gasteiger partial charge in [0.15, 0.2) is 0 Å². The summed E-state index contributed by atoms with van der Waals surface area (Å²) >= 11 is 29.4. The summed E-state index contributed by atoms with van der Waals surface area (Å²) < 4.78 is 0. The highest BCUT2D eigenvalue weighted by Crippen LogP contribution is 2.46. The van der Waals surface area contributed by atoms with Crippen molar-refractivity contribution >= 4 is 63.7 Å². The van der Waals surface area contributed by atoms with E-state index in [4.69, 9.17) is 63.1 Å². The normalized spacial score (nSPS) is 12.6. The molecule has 1 aromatic carbocycles. The second-order valence-electron chi connectivity index (χ2n) is 3.16. The van der Waals surface area contributed by atoms with Crippen molar-refractivity contribution in [1.82, 2.24) is 0 Å². The summed E-state index contributed by atoms with van der Waals surface area (Å²) in [6, 6.07) is 0. The van der Waals surface area contributed by atoms with E-state index in [0.29, 0.717) is 0 Å². The molecule has 96 valence electrons. The van der Waals surface area contributed by atoms with Crippen molar-refractivity contribution in [3.05, 3.63) is 25.1 Å². The van der Waals surface area contributed by atoms with Gasteiger partial charge in [0.05, 0.1) is 43.5 Å². The Morgan fingerprint density at radius 1 is 0.882 bits per heavy atom. The van der Waals surface area contributed by atoms with E-state index in [1.165, 1.54) is 0 Å². The molecule has 1 atom stereocenters. The van der Waals surface area contributed by atoms with Crippen molar-refractivity contribution < 1.29 is 10.2 Å². The van der Waals surface area contributed by atoms with Crippen LogP contribution >= 0.6 is 58.0 Å². The molecule has 1 aromatic rings. The number of benzene rings is 1. The van der Waals surface area contributed by atoms with Crippen LogP contribution in [0.2, 0.25) is 25.1 Å². The highest BCUT2D eigenvalue weighted by Gasteiger charge is 2.19. The quantitative estimate of drug-likeness (QED) is 0.579. The largest absolute Gasteiger partial charge is 0.394 e. The molecular weight excluding hydrogens is 331 g/mol. The molecule has 8 heteroatoms. The molecule has 0 aromatic heterocycles. The summed E-state index contributed by atoms with van der Waals surface area (Å²) in [5, 5.41) is 21.0. The standard InChI is InChI=1S/C9H8Cl5NO2/c10-4-5(11)7(13)9(8(14)6(4)12)15-1-3(17)2-16/h3,15-17H,1-2H2. The molecule has 0 spiro atoms. The molecule has 0 saturated heterocycles. The molecule has 0 saturated carbocycles. The minimum Gasteiger partial charge on any atom is -0.394 e. The fourth-order valence-electron chi connectivity index (χ4n) is 1.04. The summed E-state index contributed by atoms with van der Waals surface area (Å²) in [6.45, 7) is -0.346. The number of nitrogens with one attached hydrogen (secondary N) is 1. The average Bonchev–Trinajstić information content (AvgIpc) is 2.33. The van der Waals surface area contributed by atoms with E-state index in [2.05, 4.69) is 5.32 Å². The van der Waals surface area contributed by atoms with Crippen LogP contribution in [0, 0.1) is 0 Å². The van der Waals surface area contributed by atoms with Gasteiger partial charge in [-0.3, -0.25) is 0 Å². The molecule has 0 radical (unpaired) electrons. The first-order valence-corrected chi connectivity index (χ1v) is 6.33. The van der Waals surface area contributed by atoms with Crippen LogP contribution in [0.5, 0.6) is 0 Å². The maximum atomic E-state index is 9.20. The van der Waals surface area contributed by atoms with Crippen LogP contribution in [0.4, 0.5) is 5.69 Å². The summed E-state index contributed by atoms with van der Waals surface area (Å²) in [7, 11) is 0. The summed E-state index contributed by atoms with van der Waals surface area (Å²) in [6.07, 6.45) is -0.949. The maximum absolute atomic E-state index is 9.20. The van der Waals surface area contributed by atoms with Crippen molar-refractivity contribution in [2.75, 3.05) is 18.5 Å². The monoisotopic (exact) mass is 337 g/mol. The van der Waals surface area contributed by atoms with Gasteiger partial charge < -0.3 is 15.5 Å². The topological polar surface area (TPSA) is 52.5 Å². The Morgan fingerprint density at radius 2 is 1.29 bits per heavy atom. The highest BCUT2D eigenvalue weighted by molar-refractivity contribution is 6.56. The van der Waals surface area contributed by atoms with E-state index in [9.17, 15) is 5.11 Å². The van der Waals surface area contributed by atoms with Crippen LogP contribution in [0.3, 0.4) is 0 Å². The lowest BCUT2D eigenvalue weighted by Crippen LogP contribution is -2.23. The Labute approximate surface area is 123 Å². The van der Waals surface area contributed by atoms with Crippen molar-refractivity contribution in [2.24, 2.45) is 0 Å². The van der Waals surface area contributed by atoms with Gasteiger partial charge in [-0.05, 0) is 0 Å². The third kappa shape index (κ3) is 3.44. The molecule has 0 heterocycles. The zero-order chi connectivity index (χ0) is 13.2. The van der Waals surface area contributed by atoms with Crippen molar-refractivity contribution in [3.8, 4) is 0 Å². The number of aliphatic hydroxyl groups excluding tert-OH is 2. The highest BCUT2D eigenvalue weighted by atomic mass is 35.5. The van der Waals surface area contributed by atoms with E-state index >= 15 is 0 Å². The fourth-order valence-corrected chi connectivity index (χ4v) is 2.32. The molecule has 0 aliphatic heterocycles. The van der Waals surface area contributed by atoms with Gasteiger partial charge in [-0.1, -0.05) is 58.0 Å². The van der Waals surface area contributed by atoms with Crippen LogP contribution in [-0.2, 0) is 0 Å². The van der Waals surface area contributed by atoms with Crippen LogP contribution in [0.25, 0.3) is 0 Å². The van der Waals surface area contributed by atoms with Crippen LogP contribution in [0.15, 0.2) is 0 Å². The van der Waals surface area contributed by atoms with Crippen molar-refractivity contribution in [2.45, 2.75) is 6.10 Å². The van der Waals surface area contributed by atoms with Crippen LogP contribution in [0.1, 0.15) is 0 Å². The number of aliphatic hydroxyl groups is 2. The molecule has 17 heavy (non-hydrogen) atoms. The summed E-state index contributed by atoms with van der Waals surface area (Å²) in [4.78, 5) is 0. The first-order valence-electron chi connectivity index (χ1n) is 4.44. The zero-order valence-electron chi connectivity index (χ0n) is 8.28. The predicted molar refractivity (Wildman–Crippen MR) is 73.1 cm³/mol. The smallest absolute Gasteiger partial charge is 0.0942 e. The molecule has 1 rings (SSSR count). The predicted octanol–water partition coefficient (Wildman–Crippen LogP) is 3.72. The van der Waals surface area contributed by atoms with Crippen molar-refractivity contribution in [3.63, 3.8) is 0 Å². The average molecular weight is 339 g/mol. The van der Waals surface area contributed by atoms with E-state index in [0.717, 1.165) is 0 Å². The molecule has 0 amide bonds. The number of hydrogen-bond acceptors (Lipinski definition) is 3. The molecule has 3 N–H and O–H groups in total. The Kier molecular flexibility index (Phi) is 5.93. The third-order valence-electron chi connectivity index (χ3n) is 1.94. The van der Waals surface area contributed by atoms with Gasteiger partial charge in [0.25, 0.3) is 0 Å². The molecular formula is C9H8Cl5NO2. The molecule has 0 fully saturated rings. The van der Waals surface area contributed by atoms with E-state index in [1.54, 1.807) is 0 Å². The van der Waals surface area contributed by atoms with Gasteiger partial charge in [-0.25, -0.2) is 0 Å². The minimum atomic E-state index is -0.949. The first kappa shape index (κ1) is 15.4. The third-order valence-corrected chi connectivity index (χ3v) is 4.21. The number of halogens is 5. The lowest BCUT2D eigenvalue weighted by Gasteiger charge is -2.15. The molecule has 0 bridgehead atoms. The number of anilines is 1. The van der Waals surface area contributed by atoms with E-state index in [-0.39, 0.29) is 37.3 Å². The van der Waals surface area contributed by atoms with Gasteiger partial charge in [0, 0.05) is 6.54 Å². The Hall–Kier alpha value is 0.390. The Bertz CT molecular complexity index is 397. The SMILES string of the molecule is OCC(O)CNc1c(Cl)c(Cl)c(Cl)c(Cl)c1Cl. The molecule has 0 aliphatic carbocycles. The van der Waals surface area contributed by atoms with Gasteiger partial charge in [-0.2, -0.15) is 0 Å². The minimum absolute atomic E-state index is 0.0459. The second-order valence-corrected chi connectivity index (χ2v) is 5.05. The molecule has 1 unspecified atom stereocenters. The van der Waals surface area contributed by atoms with Crippen LogP contribution < -0.4 is 5.32 Å².